The van der Waals surface area contributed by atoms with Crippen LogP contribution in [0.25, 0.3) is 6.08 Å². The predicted octanol–water partition coefficient (Wildman–Crippen LogP) is 0.992. The van der Waals surface area contributed by atoms with Gasteiger partial charge < -0.3 is 5.73 Å². The Hall–Kier alpha value is -1.12. The van der Waals surface area contributed by atoms with Crippen LogP contribution in [0.15, 0.2) is 22.9 Å². The van der Waals surface area contributed by atoms with Gasteiger partial charge in [0.25, 0.3) is 0 Å². The van der Waals surface area contributed by atoms with Crippen LogP contribution in [0.2, 0.25) is 0 Å². The van der Waals surface area contributed by atoms with Gasteiger partial charge in [0.1, 0.15) is 0 Å². The Morgan fingerprint density at radius 1 is 1.53 bits per heavy atom. The molecule has 17 heavy (non-hydrogen) atoms. The van der Waals surface area contributed by atoms with Crippen LogP contribution in [-0.4, -0.2) is 31.8 Å². The molecular weight excluding hydrogens is 308 g/mol. The monoisotopic (exact) mass is 320 g/mol. The molecule has 0 radical (unpaired) electrons. The normalized spacial score (nSPS) is 12.2. The number of rotatable bonds is 4. The Bertz CT molecular complexity index is 528. The Labute approximate surface area is 109 Å². The third-order valence-electron chi connectivity index (χ3n) is 1.86. The molecule has 0 aromatic carbocycles. The van der Waals surface area contributed by atoms with Crippen molar-refractivity contribution in [2.75, 3.05) is 18.8 Å². The lowest BCUT2D eigenvalue weighted by Gasteiger charge is -2.14. The molecule has 1 rings (SSSR count). The Kier molecular flexibility index (Phi) is 4.49. The number of aromatic nitrogens is 1. The fraction of sp³-hybridized carbons (Fsp3) is 0.222. The number of hydrogen-bond acceptors (Lipinski definition) is 4. The van der Waals surface area contributed by atoms with Crippen molar-refractivity contribution in [2.45, 2.75) is 0 Å². The molecule has 0 fully saturated rings. The quantitative estimate of drug-likeness (QED) is 0.866. The van der Waals surface area contributed by atoms with E-state index in [9.17, 15) is 8.42 Å². The molecule has 0 aliphatic rings. The van der Waals surface area contributed by atoms with Gasteiger partial charge in [0.15, 0.2) is 0 Å². The molecule has 1 aromatic heterocycles. The molecule has 0 aliphatic carbocycles. The maximum absolute atomic E-state index is 11.7. The highest BCUT2D eigenvalue weighted by atomic mass is 79.9. The van der Waals surface area contributed by atoms with Crippen molar-refractivity contribution in [3.63, 3.8) is 0 Å². The lowest BCUT2D eigenvalue weighted by Crippen LogP contribution is -2.29. The van der Waals surface area contributed by atoms with Crippen LogP contribution in [0.3, 0.4) is 0 Å². The lowest BCUT2D eigenvalue weighted by molar-refractivity contribution is 0.527. The Balaban J connectivity index is 3.17. The first-order chi connectivity index (χ1) is 7.86. The van der Waals surface area contributed by atoms with Crippen molar-refractivity contribution in [2.24, 2.45) is 5.73 Å². The van der Waals surface area contributed by atoms with E-state index < -0.39 is 10.2 Å². The van der Waals surface area contributed by atoms with Gasteiger partial charge in [-0.2, -0.15) is 12.7 Å². The summed E-state index contributed by atoms with van der Waals surface area (Å²) in [5.41, 5.74) is 6.07. The number of anilines is 1. The van der Waals surface area contributed by atoms with Crippen LogP contribution >= 0.6 is 15.9 Å². The highest BCUT2D eigenvalue weighted by Crippen LogP contribution is 2.21. The Morgan fingerprint density at radius 2 is 2.18 bits per heavy atom. The summed E-state index contributed by atoms with van der Waals surface area (Å²) < 4.78 is 27.5. The predicted molar refractivity (Wildman–Crippen MR) is 71.4 cm³/mol. The zero-order valence-corrected chi connectivity index (χ0v) is 11.8. The number of nitrogens with two attached hydrogens (primary N) is 1. The highest BCUT2D eigenvalue weighted by molar-refractivity contribution is 9.10. The van der Waals surface area contributed by atoms with Crippen LogP contribution in [-0.2, 0) is 10.2 Å². The van der Waals surface area contributed by atoms with Crippen molar-refractivity contribution in [3.05, 3.63) is 28.6 Å². The molecule has 0 saturated heterocycles. The molecular formula is C9H13BrN4O2S. The second-order valence-corrected chi connectivity index (χ2v) is 6.14. The smallest absolute Gasteiger partial charge is 0.301 e. The first-order valence-electron chi connectivity index (χ1n) is 4.61. The standard InChI is InChI=1S/C9H13BrN4O2S/c1-14(2)17(15,16)13-9-5-7(10)6-12-8(9)3-4-11/h3-6,13H,11H2,1-2H3. The third kappa shape index (κ3) is 3.69. The van der Waals surface area contributed by atoms with Crippen molar-refractivity contribution >= 4 is 37.9 Å². The molecule has 94 valence electrons. The lowest BCUT2D eigenvalue weighted by atomic mass is 10.3. The molecule has 0 bridgehead atoms. The summed E-state index contributed by atoms with van der Waals surface area (Å²) >= 11 is 3.23. The molecule has 0 saturated carbocycles. The zero-order chi connectivity index (χ0) is 13.1. The van der Waals surface area contributed by atoms with Gasteiger partial charge in [0, 0.05) is 24.8 Å². The summed E-state index contributed by atoms with van der Waals surface area (Å²) in [6.07, 6.45) is 4.37. The van der Waals surface area contributed by atoms with Gasteiger partial charge in [-0.05, 0) is 34.3 Å². The minimum atomic E-state index is -3.56. The summed E-state index contributed by atoms with van der Waals surface area (Å²) in [5, 5.41) is 0. The summed E-state index contributed by atoms with van der Waals surface area (Å²) in [6.45, 7) is 0. The maximum atomic E-state index is 11.7. The molecule has 0 atom stereocenters. The third-order valence-corrected chi connectivity index (χ3v) is 3.73. The second kappa shape index (κ2) is 5.48. The molecule has 3 N–H and O–H groups in total. The maximum Gasteiger partial charge on any atom is 0.301 e. The Morgan fingerprint density at radius 3 is 2.71 bits per heavy atom. The van der Waals surface area contributed by atoms with Crippen LogP contribution in [0.4, 0.5) is 5.69 Å². The van der Waals surface area contributed by atoms with E-state index in [1.165, 1.54) is 26.4 Å². The highest BCUT2D eigenvalue weighted by Gasteiger charge is 2.15. The fourth-order valence-electron chi connectivity index (χ4n) is 0.986. The topological polar surface area (TPSA) is 88.3 Å². The molecule has 0 spiro atoms. The van der Waals surface area contributed by atoms with Gasteiger partial charge in [-0.1, -0.05) is 0 Å². The van der Waals surface area contributed by atoms with E-state index in [0.717, 1.165) is 4.31 Å². The van der Waals surface area contributed by atoms with E-state index in [4.69, 9.17) is 5.73 Å². The van der Waals surface area contributed by atoms with Gasteiger partial charge in [0.2, 0.25) is 0 Å². The van der Waals surface area contributed by atoms with Crippen LogP contribution in [0, 0.1) is 0 Å². The molecule has 1 heterocycles. The van der Waals surface area contributed by atoms with Crippen LogP contribution in [0.5, 0.6) is 0 Å². The van der Waals surface area contributed by atoms with E-state index in [1.54, 1.807) is 12.3 Å². The number of pyridine rings is 1. The molecule has 0 aliphatic heterocycles. The average molecular weight is 321 g/mol. The van der Waals surface area contributed by atoms with E-state index >= 15 is 0 Å². The molecule has 0 unspecified atom stereocenters. The zero-order valence-electron chi connectivity index (χ0n) is 9.38. The largest absolute Gasteiger partial charge is 0.405 e. The first kappa shape index (κ1) is 13.9. The van der Waals surface area contributed by atoms with E-state index in [1.807, 2.05) is 0 Å². The summed E-state index contributed by atoms with van der Waals surface area (Å²) in [4.78, 5) is 4.05. The van der Waals surface area contributed by atoms with Gasteiger partial charge >= 0.3 is 10.2 Å². The minimum Gasteiger partial charge on any atom is -0.405 e. The number of hydrogen-bond donors (Lipinski definition) is 2. The average Bonchev–Trinajstić information content (AvgIpc) is 2.21. The van der Waals surface area contributed by atoms with Crippen molar-refractivity contribution in [3.8, 4) is 0 Å². The van der Waals surface area contributed by atoms with Gasteiger partial charge in [-0.3, -0.25) is 9.71 Å². The van der Waals surface area contributed by atoms with E-state index in [-0.39, 0.29) is 0 Å². The van der Waals surface area contributed by atoms with Crippen molar-refractivity contribution < 1.29 is 8.42 Å². The summed E-state index contributed by atoms with van der Waals surface area (Å²) in [5.74, 6) is 0. The van der Waals surface area contributed by atoms with Crippen molar-refractivity contribution in [1.29, 1.82) is 0 Å². The number of nitrogens with zero attached hydrogens (tertiary/aromatic N) is 2. The molecule has 8 heteroatoms. The molecule has 0 amide bonds. The van der Waals surface area contributed by atoms with E-state index in [0.29, 0.717) is 15.9 Å². The first-order valence-corrected chi connectivity index (χ1v) is 6.84. The van der Waals surface area contributed by atoms with E-state index in [2.05, 4.69) is 25.6 Å². The van der Waals surface area contributed by atoms with Gasteiger partial charge in [-0.15, -0.1) is 0 Å². The second-order valence-electron chi connectivity index (χ2n) is 3.33. The van der Waals surface area contributed by atoms with Gasteiger partial charge in [-0.25, -0.2) is 0 Å². The van der Waals surface area contributed by atoms with Gasteiger partial charge in [0.05, 0.1) is 11.4 Å². The number of halogens is 1. The van der Waals surface area contributed by atoms with Crippen molar-refractivity contribution in [1.82, 2.24) is 9.29 Å². The summed E-state index contributed by atoms with van der Waals surface area (Å²) in [6, 6.07) is 1.61. The molecule has 1 aromatic rings. The van der Waals surface area contributed by atoms with Crippen LogP contribution in [0.1, 0.15) is 5.69 Å². The minimum absolute atomic E-state index is 0.356. The fourth-order valence-corrected chi connectivity index (χ4v) is 1.94. The van der Waals surface area contributed by atoms with Crippen LogP contribution < -0.4 is 10.5 Å². The number of nitrogens with one attached hydrogen (secondary N) is 1. The summed E-state index contributed by atoms with van der Waals surface area (Å²) in [7, 11) is -0.688. The SMILES string of the molecule is CN(C)S(=O)(=O)Nc1cc(Br)cnc1C=CN. The molecule has 6 nitrogen and oxygen atoms in total.